The lowest BCUT2D eigenvalue weighted by molar-refractivity contribution is 0.253. The standard InChI is InChI=1S/C16H17N3/c17-10-16(6-2-7-16)11-4-5-14-13(9-11)12-3-1-8-18-15(12)19-14/h1,3-5,8-9H,2,6-7,10,17H2,(H,18,19). The van der Waals surface area contributed by atoms with E-state index in [9.17, 15) is 0 Å². The zero-order valence-electron chi connectivity index (χ0n) is 10.8. The van der Waals surface area contributed by atoms with Crippen LogP contribution in [0.15, 0.2) is 36.5 Å². The van der Waals surface area contributed by atoms with E-state index >= 15 is 0 Å². The fourth-order valence-electron chi connectivity index (χ4n) is 3.27. The number of hydrogen-bond donors (Lipinski definition) is 2. The van der Waals surface area contributed by atoms with Gasteiger partial charge in [0.2, 0.25) is 0 Å². The molecule has 0 amide bonds. The van der Waals surface area contributed by atoms with Crippen molar-refractivity contribution in [2.45, 2.75) is 24.7 Å². The number of hydrogen-bond acceptors (Lipinski definition) is 2. The van der Waals surface area contributed by atoms with Crippen molar-refractivity contribution >= 4 is 21.9 Å². The second kappa shape index (κ2) is 3.81. The number of nitrogens with zero attached hydrogens (tertiary/aromatic N) is 1. The van der Waals surface area contributed by atoms with Crippen LogP contribution in [0.5, 0.6) is 0 Å². The molecular weight excluding hydrogens is 234 g/mol. The van der Waals surface area contributed by atoms with Gasteiger partial charge < -0.3 is 10.7 Å². The number of fused-ring (bicyclic) bond motifs is 3. The maximum Gasteiger partial charge on any atom is 0.138 e. The van der Waals surface area contributed by atoms with E-state index in [1.165, 1.54) is 35.6 Å². The highest BCUT2D eigenvalue weighted by molar-refractivity contribution is 6.06. The van der Waals surface area contributed by atoms with Crippen molar-refractivity contribution in [1.29, 1.82) is 0 Å². The molecule has 1 saturated carbocycles. The normalized spacial score (nSPS) is 17.7. The summed E-state index contributed by atoms with van der Waals surface area (Å²) in [6, 6.07) is 10.8. The number of H-pyrrole nitrogens is 1. The van der Waals surface area contributed by atoms with E-state index in [1.54, 1.807) is 0 Å². The van der Waals surface area contributed by atoms with E-state index in [2.05, 4.69) is 34.2 Å². The Balaban J connectivity index is 1.97. The highest BCUT2D eigenvalue weighted by Gasteiger charge is 2.37. The Labute approximate surface area is 111 Å². The van der Waals surface area contributed by atoms with Crippen LogP contribution in [0, 0.1) is 0 Å². The Morgan fingerprint density at radius 3 is 2.84 bits per heavy atom. The van der Waals surface area contributed by atoms with Gasteiger partial charge >= 0.3 is 0 Å². The molecule has 2 heterocycles. The molecule has 96 valence electrons. The highest BCUT2D eigenvalue weighted by Crippen LogP contribution is 2.43. The fraction of sp³-hybridized carbons (Fsp3) is 0.312. The largest absolute Gasteiger partial charge is 0.339 e. The molecule has 2 aromatic heterocycles. The summed E-state index contributed by atoms with van der Waals surface area (Å²) in [4.78, 5) is 7.75. The van der Waals surface area contributed by atoms with Gasteiger partial charge in [-0.1, -0.05) is 12.5 Å². The third kappa shape index (κ3) is 1.45. The van der Waals surface area contributed by atoms with Crippen molar-refractivity contribution < 1.29 is 0 Å². The average Bonchev–Trinajstić information content (AvgIpc) is 2.76. The minimum absolute atomic E-state index is 0.222. The number of aromatic nitrogens is 2. The van der Waals surface area contributed by atoms with Gasteiger partial charge in [-0.25, -0.2) is 4.98 Å². The molecule has 0 atom stereocenters. The molecule has 4 rings (SSSR count). The molecule has 1 aliphatic carbocycles. The Bertz CT molecular complexity index is 747. The number of aromatic amines is 1. The zero-order valence-corrected chi connectivity index (χ0v) is 10.8. The predicted molar refractivity (Wildman–Crippen MR) is 78.2 cm³/mol. The van der Waals surface area contributed by atoms with Crippen LogP contribution in [0.1, 0.15) is 24.8 Å². The third-order valence-corrected chi connectivity index (χ3v) is 4.68. The lowest BCUT2D eigenvalue weighted by Crippen LogP contribution is -2.41. The molecule has 1 aromatic carbocycles. The summed E-state index contributed by atoms with van der Waals surface area (Å²) < 4.78 is 0. The molecule has 19 heavy (non-hydrogen) atoms. The van der Waals surface area contributed by atoms with Crippen molar-refractivity contribution in [3.63, 3.8) is 0 Å². The molecule has 3 aromatic rings. The number of rotatable bonds is 2. The van der Waals surface area contributed by atoms with Gasteiger partial charge in [-0.15, -0.1) is 0 Å². The molecule has 0 saturated heterocycles. The lowest BCUT2D eigenvalue weighted by Gasteiger charge is -2.41. The first-order chi connectivity index (χ1) is 9.32. The van der Waals surface area contributed by atoms with Gasteiger partial charge in [0.1, 0.15) is 5.65 Å². The summed E-state index contributed by atoms with van der Waals surface area (Å²) in [5, 5.41) is 2.46. The molecule has 0 unspecified atom stereocenters. The SMILES string of the molecule is NCC1(c2ccc3[nH]c4ncccc4c3c2)CCC1. The van der Waals surface area contributed by atoms with E-state index in [1.807, 2.05) is 12.3 Å². The molecule has 0 bridgehead atoms. The Hall–Kier alpha value is -1.87. The minimum Gasteiger partial charge on any atom is -0.339 e. The van der Waals surface area contributed by atoms with Crippen LogP contribution in [0.2, 0.25) is 0 Å². The highest BCUT2D eigenvalue weighted by atomic mass is 14.8. The van der Waals surface area contributed by atoms with Crippen molar-refractivity contribution in [1.82, 2.24) is 9.97 Å². The third-order valence-electron chi connectivity index (χ3n) is 4.68. The molecule has 0 radical (unpaired) electrons. The van der Waals surface area contributed by atoms with Gasteiger partial charge in [-0.05, 0) is 42.7 Å². The Morgan fingerprint density at radius 1 is 1.21 bits per heavy atom. The molecule has 3 nitrogen and oxygen atoms in total. The molecule has 1 aliphatic rings. The van der Waals surface area contributed by atoms with E-state index in [0.717, 1.165) is 17.7 Å². The molecule has 0 spiro atoms. The quantitative estimate of drug-likeness (QED) is 0.735. The zero-order chi connectivity index (χ0) is 12.9. The van der Waals surface area contributed by atoms with Crippen molar-refractivity contribution in [2.75, 3.05) is 6.54 Å². The smallest absolute Gasteiger partial charge is 0.138 e. The van der Waals surface area contributed by atoms with Crippen LogP contribution >= 0.6 is 0 Å². The maximum atomic E-state index is 6.01. The number of benzene rings is 1. The summed E-state index contributed by atoms with van der Waals surface area (Å²) in [7, 11) is 0. The van der Waals surface area contributed by atoms with E-state index in [-0.39, 0.29) is 5.41 Å². The Morgan fingerprint density at radius 2 is 2.11 bits per heavy atom. The Kier molecular flexibility index (Phi) is 2.21. The van der Waals surface area contributed by atoms with Gasteiger partial charge in [0.05, 0.1) is 0 Å². The topological polar surface area (TPSA) is 54.7 Å². The minimum atomic E-state index is 0.222. The second-order valence-electron chi connectivity index (χ2n) is 5.62. The van der Waals surface area contributed by atoms with Crippen LogP contribution in [0.4, 0.5) is 0 Å². The predicted octanol–water partition coefficient (Wildman–Crippen LogP) is 3.10. The van der Waals surface area contributed by atoms with Gasteiger partial charge in [-0.2, -0.15) is 0 Å². The lowest BCUT2D eigenvalue weighted by atomic mass is 9.64. The first-order valence-electron chi connectivity index (χ1n) is 6.89. The first kappa shape index (κ1) is 11.0. The molecule has 3 N–H and O–H groups in total. The molecule has 0 aliphatic heterocycles. The van der Waals surface area contributed by atoms with E-state index in [0.29, 0.717) is 0 Å². The molecular formula is C16H17N3. The van der Waals surface area contributed by atoms with Crippen molar-refractivity contribution in [3.05, 3.63) is 42.1 Å². The number of nitrogens with two attached hydrogens (primary N) is 1. The molecule has 1 fully saturated rings. The van der Waals surface area contributed by atoms with E-state index < -0.39 is 0 Å². The summed E-state index contributed by atoms with van der Waals surface area (Å²) in [6.45, 7) is 0.749. The van der Waals surface area contributed by atoms with Gasteiger partial charge in [0.25, 0.3) is 0 Å². The van der Waals surface area contributed by atoms with Gasteiger partial charge in [0.15, 0.2) is 0 Å². The van der Waals surface area contributed by atoms with Crippen molar-refractivity contribution in [2.24, 2.45) is 5.73 Å². The van der Waals surface area contributed by atoms with E-state index in [4.69, 9.17) is 5.73 Å². The second-order valence-corrected chi connectivity index (χ2v) is 5.62. The fourth-order valence-corrected chi connectivity index (χ4v) is 3.27. The number of nitrogens with one attached hydrogen (secondary N) is 1. The van der Waals surface area contributed by atoms with Crippen LogP contribution in [0.25, 0.3) is 21.9 Å². The summed E-state index contributed by atoms with van der Waals surface area (Å²) in [5.41, 5.74) is 9.74. The average molecular weight is 251 g/mol. The maximum absolute atomic E-state index is 6.01. The van der Waals surface area contributed by atoms with Crippen LogP contribution in [-0.4, -0.2) is 16.5 Å². The van der Waals surface area contributed by atoms with Crippen LogP contribution in [0.3, 0.4) is 0 Å². The van der Waals surface area contributed by atoms with Crippen LogP contribution < -0.4 is 5.73 Å². The van der Waals surface area contributed by atoms with Crippen molar-refractivity contribution in [3.8, 4) is 0 Å². The summed E-state index contributed by atoms with van der Waals surface area (Å²) in [6.07, 6.45) is 5.56. The van der Waals surface area contributed by atoms with Gasteiger partial charge in [0, 0.05) is 34.4 Å². The monoisotopic (exact) mass is 251 g/mol. The number of pyridine rings is 1. The first-order valence-corrected chi connectivity index (χ1v) is 6.89. The molecule has 3 heteroatoms. The van der Waals surface area contributed by atoms with Crippen LogP contribution in [-0.2, 0) is 5.41 Å². The summed E-state index contributed by atoms with van der Waals surface area (Å²) in [5.74, 6) is 0. The summed E-state index contributed by atoms with van der Waals surface area (Å²) >= 11 is 0. The van der Waals surface area contributed by atoms with Gasteiger partial charge in [-0.3, -0.25) is 0 Å².